The summed E-state index contributed by atoms with van der Waals surface area (Å²) in [6.07, 6.45) is 4.98. The van der Waals surface area contributed by atoms with Crippen molar-refractivity contribution < 1.29 is 4.79 Å². The van der Waals surface area contributed by atoms with E-state index >= 15 is 0 Å². The van der Waals surface area contributed by atoms with E-state index in [1.165, 1.54) is 0 Å². The Morgan fingerprint density at radius 3 is 2.63 bits per heavy atom. The SMILES string of the molecule is O=C(C1CCCN(c2ccc3[nH]c(Cc4ccc(Cl)cc4)nc3n2)C1)N1CCCC1. The second-order valence-corrected chi connectivity index (χ2v) is 8.78. The van der Waals surface area contributed by atoms with E-state index in [1.54, 1.807) is 0 Å². The van der Waals surface area contributed by atoms with Crippen LogP contribution in [0.5, 0.6) is 0 Å². The van der Waals surface area contributed by atoms with Crippen molar-refractivity contribution in [2.24, 2.45) is 5.92 Å². The minimum absolute atomic E-state index is 0.0778. The van der Waals surface area contributed by atoms with Crippen LogP contribution in [-0.2, 0) is 11.2 Å². The molecule has 3 aromatic rings. The summed E-state index contributed by atoms with van der Waals surface area (Å²) in [5, 5.41) is 0.734. The Bertz CT molecular complexity index is 1040. The number of carbonyl (C=O) groups is 1. The van der Waals surface area contributed by atoms with E-state index in [-0.39, 0.29) is 5.92 Å². The van der Waals surface area contributed by atoms with Crippen molar-refractivity contribution in [3.63, 3.8) is 0 Å². The number of H-pyrrole nitrogens is 1. The molecule has 6 nitrogen and oxygen atoms in total. The number of halogens is 1. The predicted octanol–water partition coefficient (Wildman–Crippen LogP) is 4.04. The molecule has 0 spiro atoms. The van der Waals surface area contributed by atoms with Gasteiger partial charge in [-0.2, -0.15) is 0 Å². The van der Waals surface area contributed by atoms with Crippen molar-refractivity contribution in [2.75, 3.05) is 31.1 Å². The van der Waals surface area contributed by atoms with Crippen LogP contribution in [0.1, 0.15) is 37.1 Å². The van der Waals surface area contributed by atoms with Gasteiger partial charge >= 0.3 is 0 Å². The quantitative estimate of drug-likeness (QED) is 0.687. The van der Waals surface area contributed by atoms with E-state index in [4.69, 9.17) is 21.6 Å². The molecule has 2 saturated heterocycles. The van der Waals surface area contributed by atoms with E-state index < -0.39 is 0 Å². The van der Waals surface area contributed by atoms with Gasteiger partial charge in [0.1, 0.15) is 11.6 Å². The lowest BCUT2D eigenvalue weighted by Gasteiger charge is -2.34. The Hall–Kier alpha value is -2.60. The number of hydrogen-bond acceptors (Lipinski definition) is 4. The van der Waals surface area contributed by atoms with E-state index in [0.29, 0.717) is 12.3 Å². The minimum atomic E-state index is 0.0778. The normalized spacial score (nSPS) is 19.6. The van der Waals surface area contributed by atoms with E-state index in [9.17, 15) is 4.79 Å². The summed E-state index contributed by atoms with van der Waals surface area (Å²) in [6, 6.07) is 11.9. The maximum absolute atomic E-state index is 12.8. The first kappa shape index (κ1) is 19.4. The van der Waals surface area contributed by atoms with E-state index in [0.717, 1.165) is 85.3 Å². The lowest BCUT2D eigenvalue weighted by Crippen LogP contribution is -2.44. The van der Waals surface area contributed by atoms with Crippen molar-refractivity contribution in [1.29, 1.82) is 0 Å². The number of benzene rings is 1. The molecule has 1 N–H and O–H groups in total. The van der Waals surface area contributed by atoms with E-state index in [1.807, 2.05) is 41.3 Å². The summed E-state index contributed by atoms with van der Waals surface area (Å²) in [7, 11) is 0. The molecule has 2 aliphatic heterocycles. The van der Waals surface area contributed by atoms with Crippen LogP contribution in [0.3, 0.4) is 0 Å². The number of nitrogens with zero attached hydrogens (tertiary/aromatic N) is 4. The first-order valence-corrected chi connectivity index (χ1v) is 11.2. The lowest BCUT2D eigenvalue weighted by molar-refractivity contribution is -0.134. The molecule has 1 unspecified atom stereocenters. The highest BCUT2D eigenvalue weighted by Crippen LogP contribution is 2.26. The van der Waals surface area contributed by atoms with Gasteiger partial charge in [-0.1, -0.05) is 23.7 Å². The second kappa shape index (κ2) is 8.26. The number of likely N-dealkylation sites (tertiary alicyclic amines) is 1. The maximum atomic E-state index is 12.8. The standard InChI is InChI=1S/C23H26ClN5O/c24-18-7-5-16(6-8-18)14-20-25-19-9-10-21(27-22(19)26-20)29-13-3-4-17(15-29)23(30)28-11-1-2-12-28/h5-10,17H,1-4,11-15H2,(H,25,26,27). The van der Waals surface area contributed by atoms with Crippen molar-refractivity contribution >= 4 is 34.5 Å². The molecule has 0 radical (unpaired) electrons. The smallest absolute Gasteiger partial charge is 0.227 e. The van der Waals surface area contributed by atoms with Crippen LogP contribution < -0.4 is 4.90 Å². The van der Waals surface area contributed by atoms with Gasteiger partial charge in [-0.15, -0.1) is 0 Å². The van der Waals surface area contributed by atoms with Crippen LogP contribution in [0, 0.1) is 5.92 Å². The number of piperidine rings is 1. The van der Waals surface area contributed by atoms with Gasteiger partial charge in [-0.25, -0.2) is 9.97 Å². The van der Waals surface area contributed by atoms with Gasteiger partial charge in [0.05, 0.1) is 11.4 Å². The number of amides is 1. The van der Waals surface area contributed by atoms with Gasteiger partial charge in [-0.05, 0) is 55.5 Å². The molecular weight excluding hydrogens is 398 g/mol. The Morgan fingerprint density at radius 1 is 1.03 bits per heavy atom. The zero-order chi connectivity index (χ0) is 20.5. The van der Waals surface area contributed by atoms with Crippen molar-refractivity contribution in [3.8, 4) is 0 Å². The average molecular weight is 424 g/mol. The van der Waals surface area contributed by atoms with Crippen LogP contribution in [0.4, 0.5) is 5.82 Å². The molecule has 30 heavy (non-hydrogen) atoms. The molecule has 2 fully saturated rings. The van der Waals surface area contributed by atoms with Gasteiger partial charge in [0.25, 0.3) is 0 Å². The predicted molar refractivity (Wildman–Crippen MR) is 119 cm³/mol. The number of rotatable bonds is 4. The largest absolute Gasteiger partial charge is 0.356 e. The third kappa shape index (κ3) is 4.01. The molecule has 0 bridgehead atoms. The first-order valence-electron chi connectivity index (χ1n) is 10.8. The highest BCUT2D eigenvalue weighted by Gasteiger charge is 2.31. The van der Waals surface area contributed by atoms with Gasteiger partial charge < -0.3 is 14.8 Å². The van der Waals surface area contributed by atoms with Gasteiger partial charge in [0, 0.05) is 37.6 Å². The van der Waals surface area contributed by atoms with Gasteiger partial charge in [-0.3, -0.25) is 4.79 Å². The third-order valence-electron chi connectivity index (χ3n) is 6.18. The highest BCUT2D eigenvalue weighted by molar-refractivity contribution is 6.30. The number of aromatic nitrogens is 3. The number of fused-ring (bicyclic) bond motifs is 1. The van der Waals surface area contributed by atoms with Crippen molar-refractivity contribution in [1.82, 2.24) is 19.9 Å². The summed E-state index contributed by atoms with van der Waals surface area (Å²) in [6.45, 7) is 3.52. The zero-order valence-corrected chi connectivity index (χ0v) is 17.7. The van der Waals surface area contributed by atoms with Gasteiger partial charge in [0.2, 0.25) is 5.91 Å². The van der Waals surface area contributed by atoms with Crippen LogP contribution >= 0.6 is 11.6 Å². The highest BCUT2D eigenvalue weighted by atomic mass is 35.5. The van der Waals surface area contributed by atoms with Gasteiger partial charge in [0.15, 0.2) is 5.65 Å². The number of anilines is 1. The van der Waals surface area contributed by atoms with E-state index in [2.05, 4.69) is 9.88 Å². The molecule has 1 aromatic carbocycles. The topological polar surface area (TPSA) is 65.1 Å². The van der Waals surface area contributed by atoms with Crippen LogP contribution in [0.2, 0.25) is 5.02 Å². The van der Waals surface area contributed by atoms with Crippen molar-refractivity contribution in [2.45, 2.75) is 32.1 Å². The summed E-state index contributed by atoms with van der Waals surface area (Å²) in [4.78, 5) is 30.0. The number of carbonyl (C=O) groups excluding carboxylic acids is 1. The summed E-state index contributed by atoms with van der Waals surface area (Å²) in [5.74, 6) is 2.20. The Balaban J connectivity index is 1.31. The maximum Gasteiger partial charge on any atom is 0.227 e. The molecular formula is C23H26ClN5O. The molecule has 5 rings (SSSR count). The molecule has 7 heteroatoms. The molecule has 4 heterocycles. The van der Waals surface area contributed by atoms with Crippen LogP contribution in [0.25, 0.3) is 11.2 Å². The molecule has 1 atom stereocenters. The fourth-order valence-corrected chi connectivity index (χ4v) is 4.70. The number of aromatic amines is 1. The third-order valence-corrected chi connectivity index (χ3v) is 6.43. The minimum Gasteiger partial charge on any atom is -0.356 e. The summed E-state index contributed by atoms with van der Waals surface area (Å²) < 4.78 is 0. The average Bonchev–Trinajstić information content (AvgIpc) is 3.44. The fraction of sp³-hybridized carbons (Fsp3) is 0.435. The molecule has 0 saturated carbocycles. The number of imidazole rings is 1. The van der Waals surface area contributed by atoms with Crippen LogP contribution in [0.15, 0.2) is 36.4 Å². The lowest BCUT2D eigenvalue weighted by atomic mass is 9.96. The monoisotopic (exact) mass is 423 g/mol. The van der Waals surface area contributed by atoms with Crippen LogP contribution in [-0.4, -0.2) is 51.9 Å². The zero-order valence-electron chi connectivity index (χ0n) is 17.0. The Morgan fingerprint density at radius 2 is 1.83 bits per heavy atom. The summed E-state index contributed by atoms with van der Waals surface area (Å²) >= 11 is 5.97. The summed E-state index contributed by atoms with van der Waals surface area (Å²) in [5.41, 5.74) is 2.81. The Kier molecular flexibility index (Phi) is 5.34. The molecule has 1 amide bonds. The number of hydrogen-bond donors (Lipinski definition) is 1. The number of pyridine rings is 1. The molecule has 156 valence electrons. The Labute approximate surface area is 181 Å². The number of nitrogens with one attached hydrogen (secondary N) is 1. The second-order valence-electron chi connectivity index (χ2n) is 8.34. The molecule has 2 aliphatic rings. The first-order chi connectivity index (χ1) is 14.7. The fourth-order valence-electron chi connectivity index (χ4n) is 4.57. The molecule has 0 aliphatic carbocycles. The molecule has 2 aromatic heterocycles. The van der Waals surface area contributed by atoms with Crippen molar-refractivity contribution in [3.05, 3.63) is 52.8 Å².